The minimum Gasteiger partial charge on any atom is -0.289 e. The van der Waals surface area contributed by atoms with Crippen molar-refractivity contribution in [1.29, 1.82) is 0 Å². The number of anilines is 1. The molecule has 0 aliphatic heterocycles. The Morgan fingerprint density at radius 3 is 3.06 bits per heavy atom. The van der Waals surface area contributed by atoms with Gasteiger partial charge in [-0.05, 0) is 35.0 Å². The molecule has 94 valence electrons. The number of halogens is 1. The smallest absolute Gasteiger partial charge is 0.258 e. The number of carbonyl (C=O) groups excluding carboxylic acids is 1. The first kappa shape index (κ1) is 12.5. The molecule has 1 aromatic heterocycles. The third-order valence-corrected chi connectivity index (χ3v) is 2.51. The summed E-state index contributed by atoms with van der Waals surface area (Å²) in [4.78, 5) is 11.9. The minimum atomic E-state index is -0.287. The highest BCUT2D eigenvalue weighted by Crippen LogP contribution is 2.12. The summed E-state index contributed by atoms with van der Waals surface area (Å²) in [6.45, 7) is 2.66. The van der Waals surface area contributed by atoms with E-state index in [2.05, 4.69) is 20.8 Å². The number of rotatable bonds is 4. The van der Waals surface area contributed by atoms with Gasteiger partial charge in [0.05, 0.1) is 0 Å². The largest absolute Gasteiger partial charge is 0.289 e. The number of benzene rings is 1. The minimum absolute atomic E-state index is 0.287. The van der Waals surface area contributed by atoms with Gasteiger partial charge in [0.2, 0.25) is 5.95 Å². The van der Waals surface area contributed by atoms with Crippen LogP contribution in [0.3, 0.4) is 0 Å². The molecule has 0 bridgehead atoms. The van der Waals surface area contributed by atoms with E-state index in [1.54, 1.807) is 28.9 Å². The highest BCUT2D eigenvalue weighted by atomic mass is 35.5. The van der Waals surface area contributed by atoms with Crippen LogP contribution in [0, 0.1) is 0 Å². The van der Waals surface area contributed by atoms with Crippen LogP contribution in [0.15, 0.2) is 24.3 Å². The van der Waals surface area contributed by atoms with Gasteiger partial charge in [0.25, 0.3) is 5.91 Å². The first-order chi connectivity index (χ1) is 8.70. The van der Waals surface area contributed by atoms with E-state index in [9.17, 15) is 4.79 Å². The number of amides is 1. The summed E-state index contributed by atoms with van der Waals surface area (Å²) in [5, 5.41) is 14.2. The molecule has 1 amide bonds. The van der Waals surface area contributed by atoms with Crippen molar-refractivity contribution in [3.63, 3.8) is 0 Å². The molecule has 1 aromatic carbocycles. The standard InChI is InChI=1S/C11H12ClN5O/c1-2-6-17-11(14-15-16-17)13-10(18)8-4-3-5-9(12)7-8/h3-5,7H,2,6H2,1H3,(H,13,14,16,18). The fourth-order valence-electron chi connectivity index (χ4n) is 1.46. The third-order valence-electron chi connectivity index (χ3n) is 2.28. The van der Waals surface area contributed by atoms with E-state index >= 15 is 0 Å². The monoisotopic (exact) mass is 265 g/mol. The average molecular weight is 266 g/mol. The van der Waals surface area contributed by atoms with Crippen molar-refractivity contribution in [2.75, 3.05) is 5.32 Å². The Hall–Kier alpha value is -1.95. The quantitative estimate of drug-likeness (QED) is 0.918. The molecule has 1 N–H and O–H groups in total. The van der Waals surface area contributed by atoms with Crippen LogP contribution in [-0.2, 0) is 6.54 Å². The molecule has 1 heterocycles. The van der Waals surface area contributed by atoms with Crippen LogP contribution in [-0.4, -0.2) is 26.1 Å². The molecular weight excluding hydrogens is 254 g/mol. The first-order valence-electron chi connectivity index (χ1n) is 5.54. The number of aryl methyl sites for hydroxylation is 1. The second-order valence-corrected chi connectivity index (χ2v) is 4.13. The van der Waals surface area contributed by atoms with Crippen molar-refractivity contribution in [2.45, 2.75) is 19.9 Å². The van der Waals surface area contributed by atoms with Crippen LogP contribution >= 0.6 is 11.6 Å². The predicted molar refractivity (Wildman–Crippen MR) is 67.5 cm³/mol. The van der Waals surface area contributed by atoms with Gasteiger partial charge in [-0.25, -0.2) is 4.68 Å². The number of nitrogens with zero attached hydrogens (tertiary/aromatic N) is 4. The number of tetrazole rings is 1. The molecule has 0 atom stereocenters. The van der Waals surface area contributed by atoms with E-state index in [-0.39, 0.29) is 5.91 Å². The molecular formula is C11H12ClN5O. The maximum absolute atomic E-state index is 11.9. The van der Waals surface area contributed by atoms with Crippen molar-refractivity contribution in [3.8, 4) is 0 Å². The molecule has 0 saturated carbocycles. The number of carbonyl (C=O) groups is 1. The fraction of sp³-hybridized carbons (Fsp3) is 0.273. The van der Waals surface area contributed by atoms with Crippen molar-refractivity contribution >= 4 is 23.5 Å². The van der Waals surface area contributed by atoms with Gasteiger partial charge in [0, 0.05) is 17.1 Å². The predicted octanol–water partition coefficient (Wildman–Crippen LogP) is 1.99. The summed E-state index contributed by atoms with van der Waals surface area (Å²) >= 11 is 5.83. The number of hydrogen-bond acceptors (Lipinski definition) is 4. The second-order valence-electron chi connectivity index (χ2n) is 3.69. The molecule has 0 aliphatic carbocycles. The molecule has 0 saturated heterocycles. The van der Waals surface area contributed by atoms with Crippen LogP contribution in [0.1, 0.15) is 23.7 Å². The summed E-state index contributed by atoms with van der Waals surface area (Å²) in [6, 6.07) is 6.69. The number of nitrogens with one attached hydrogen (secondary N) is 1. The van der Waals surface area contributed by atoms with Crippen molar-refractivity contribution < 1.29 is 4.79 Å². The topological polar surface area (TPSA) is 72.7 Å². The van der Waals surface area contributed by atoms with E-state index < -0.39 is 0 Å². The number of aromatic nitrogens is 4. The van der Waals surface area contributed by atoms with E-state index in [1.807, 2.05) is 6.92 Å². The van der Waals surface area contributed by atoms with Gasteiger partial charge in [0.1, 0.15) is 0 Å². The van der Waals surface area contributed by atoms with Gasteiger partial charge >= 0.3 is 0 Å². The third kappa shape index (κ3) is 2.84. The molecule has 2 aromatic rings. The lowest BCUT2D eigenvalue weighted by Crippen LogP contribution is -2.16. The number of hydrogen-bond donors (Lipinski definition) is 1. The molecule has 0 unspecified atom stereocenters. The molecule has 0 fully saturated rings. The Morgan fingerprint density at radius 2 is 2.33 bits per heavy atom. The van der Waals surface area contributed by atoms with Crippen molar-refractivity contribution in [2.24, 2.45) is 0 Å². The summed E-state index contributed by atoms with van der Waals surface area (Å²) in [7, 11) is 0. The average Bonchev–Trinajstić information content (AvgIpc) is 2.77. The van der Waals surface area contributed by atoms with Gasteiger partial charge in [0.15, 0.2) is 0 Å². The van der Waals surface area contributed by atoms with Crippen molar-refractivity contribution in [3.05, 3.63) is 34.9 Å². The second kappa shape index (κ2) is 5.59. The Morgan fingerprint density at radius 1 is 1.50 bits per heavy atom. The van der Waals surface area contributed by atoms with Crippen LogP contribution in [0.2, 0.25) is 5.02 Å². The van der Waals surface area contributed by atoms with E-state index in [4.69, 9.17) is 11.6 Å². The molecule has 7 heteroatoms. The van der Waals surface area contributed by atoms with Crippen LogP contribution in [0.25, 0.3) is 0 Å². The zero-order chi connectivity index (χ0) is 13.0. The Balaban J connectivity index is 2.14. The molecule has 0 radical (unpaired) electrons. The van der Waals surface area contributed by atoms with Crippen LogP contribution in [0.5, 0.6) is 0 Å². The summed E-state index contributed by atoms with van der Waals surface area (Å²) < 4.78 is 1.54. The highest BCUT2D eigenvalue weighted by Gasteiger charge is 2.11. The Kier molecular flexibility index (Phi) is 3.88. The SMILES string of the molecule is CCCn1nnnc1NC(=O)c1cccc(Cl)c1. The Bertz CT molecular complexity index is 554. The van der Waals surface area contributed by atoms with Gasteiger partial charge < -0.3 is 0 Å². The van der Waals surface area contributed by atoms with Crippen LogP contribution < -0.4 is 5.32 Å². The zero-order valence-corrected chi connectivity index (χ0v) is 10.6. The van der Waals surface area contributed by atoms with Crippen LogP contribution in [0.4, 0.5) is 5.95 Å². The van der Waals surface area contributed by atoms with Gasteiger partial charge in [-0.15, -0.1) is 0 Å². The summed E-state index contributed by atoms with van der Waals surface area (Å²) in [5.41, 5.74) is 0.466. The lowest BCUT2D eigenvalue weighted by atomic mass is 10.2. The first-order valence-corrected chi connectivity index (χ1v) is 5.91. The molecule has 6 nitrogen and oxygen atoms in total. The van der Waals surface area contributed by atoms with Gasteiger partial charge in [-0.1, -0.05) is 29.7 Å². The van der Waals surface area contributed by atoms with E-state index in [1.165, 1.54) is 0 Å². The zero-order valence-electron chi connectivity index (χ0n) is 9.80. The van der Waals surface area contributed by atoms with E-state index in [0.29, 0.717) is 23.1 Å². The van der Waals surface area contributed by atoms with E-state index in [0.717, 1.165) is 6.42 Å². The van der Waals surface area contributed by atoms with Gasteiger partial charge in [-0.2, -0.15) is 0 Å². The Labute approximate surface area is 109 Å². The molecule has 0 aliphatic rings. The molecule has 2 rings (SSSR count). The fourth-order valence-corrected chi connectivity index (χ4v) is 1.65. The van der Waals surface area contributed by atoms with Crippen molar-refractivity contribution in [1.82, 2.24) is 20.2 Å². The molecule has 0 spiro atoms. The normalized spacial score (nSPS) is 10.3. The lowest BCUT2D eigenvalue weighted by molar-refractivity contribution is 0.102. The van der Waals surface area contributed by atoms with Gasteiger partial charge in [-0.3, -0.25) is 10.1 Å². The maximum Gasteiger partial charge on any atom is 0.258 e. The maximum atomic E-state index is 11.9. The summed E-state index contributed by atoms with van der Waals surface area (Å²) in [6.07, 6.45) is 0.880. The summed E-state index contributed by atoms with van der Waals surface area (Å²) in [5.74, 6) is 0.0477. The lowest BCUT2D eigenvalue weighted by Gasteiger charge is -2.05. The highest BCUT2D eigenvalue weighted by molar-refractivity contribution is 6.31. The molecule has 18 heavy (non-hydrogen) atoms.